The molecule has 0 aromatic heterocycles. The van der Waals surface area contributed by atoms with Crippen molar-refractivity contribution < 1.29 is 4.79 Å². The normalized spacial score (nSPS) is 15.5. The molecule has 0 radical (unpaired) electrons. The van der Waals surface area contributed by atoms with Crippen LogP contribution >= 0.6 is 28.3 Å². The molecule has 3 nitrogen and oxygen atoms in total. The van der Waals surface area contributed by atoms with E-state index in [2.05, 4.69) is 26.6 Å². The van der Waals surface area contributed by atoms with Gasteiger partial charge in [-0.15, -0.1) is 12.4 Å². The summed E-state index contributed by atoms with van der Waals surface area (Å²) < 4.78 is 1.05. The molecule has 1 amide bonds. The molecule has 2 N–H and O–H groups in total. The Morgan fingerprint density at radius 1 is 1.26 bits per heavy atom. The Balaban J connectivity index is 0.00000180. The third kappa shape index (κ3) is 3.94. The van der Waals surface area contributed by atoms with E-state index in [1.165, 1.54) is 0 Å². The highest BCUT2D eigenvalue weighted by molar-refractivity contribution is 9.10. The minimum Gasteiger partial charge on any atom is -0.355 e. The summed E-state index contributed by atoms with van der Waals surface area (Å²) in [4.78, 5) is 12.2. The molecular formula is C14H20BrClN2O. The van der Waals surface area contributed by atoms with Crippen molar-refractivity contribution >= 4 is 34.2 Å². The van der Waals surface area contributed by atoms with Crippen LogP contribution in [0.3, 0.4) is 0 Å². The highest BCUT2D eigenvalue weighted by atomic mass is 79.9. The van der Waals surface area contributed by atoms with Crippen LogP contribution in [0.25, 0.3) is 0 Å². The lowest BCUT2D eigenvalue weighted by molar-refractivity contribution is -0.123. The second-order valence-electron chi connectivity index (χ2n) is 4.80. The Kier molecular flexibility index (Phi) is 6.30. The van der Waals surface area contributed by atoms with Crippen LogP contribution in [0.4, 0.5) is 0 Å². The van der Waals surface area contributed by atoms with Crippen molar-refractivity contribution in [3.8, 4) is 0 Å². The van der Waals surface area contributed by atoms with Crippen LogP contribution in [-0.4, -0.2) is 26.0 Å². The fraction of sp³-hybridized carbons (Fsp3) is 0.500. The summed E-state index contributed by atoms with van der Waals surface area (Å²) in [5, 5.41) is 6.12. The van der Waals surface area contributed by atoms with Gasteiger partial charge in [0, 0.05) is 11.0 Å². The third-order valence-electron chi connectivity index (χ3n) is 3.47. The number of nitrogens with one attached hydrogen (secondary N) is 2. The van der Waals surface area contributed by atoms with Gasteiger partial charge in [0.05, 0.1) is 5.41 Å². The van der Waals surface area contributed by atoms with Crippen molar-refractivity contribution in [3.63, 3.8) is 0 Å². The Bertz CT molecular complexity index is 418. The molecule has 0 saturated heterocycles. The molecule has 0 spiro atoms. The maximum atomic E-state index is 12.2. The van der Waals surface area contributed by atoms with E-state index in [1.807, 2.05) is 31.3 Å². The van der Waals surface area contributed by atoms with Gasteiger partial charge in [0.2, 0.25) is 5.91 Å². The average Bonchev–Trinajstić information content (AvgIpc) is 3.17. The van der Waals surface area contributed by atoms with Gasteiger partial charge in [-0.3, -0.25) is 4.79 Å². The second-order valence-corrected chi connectivity index (χ2v) is 5.72. The highest BCUT2D eigenvalue weighted by Gasteiger charge is 2.50. The average molecular weight is 348 g/mol. The van der Waals surface area contributed by atoms with Gasteiger partial charge in [0.1, 0.15) is 0 Å². The fourth-order valence-corrected chi connectivity index (χ4v) is 2.44. The van der Waals surface area contributed by atoms with Crippen LogP contribution in [0.1, 0.15) is 24.8 Å². The molecule has 1 aromatic carbocycles. The molecule has 0 heterocycles. The van der Waals surface area contributed by atoms with E-state index in [4.69, 9.17) is 0 Å². The lowest BCUT2D eigenvalue weighted by Crippen LogP contribution is -2.36. The van der Waals surface area contributed by atoms with Crippen molar-refractivity contribution in [2.75, 3.05) is 20.1 Å². The number of carbonyl (C=O) groups excluding carboxylic acids is 1. The van der Waals surface area contributed by atoms with Gasteiger partial charge < -0.3 is 10.6 Å². The fourth-order valence-electron chi connectivity index (χ4n) is 2.18. The molecule has 0 aliphatic heterocycles. The summed E-state index contributed by atoms with van der Waals surface area (Å²) in [6.45, 7) is 1.68. The Labute approximate surface area is 129 Å². The van der Waals surface area contributed by atoms with E-state index in [9.17, 15) is 4.79 Å². The van der Waals surface area contributed by atoms with Gasteiger partial charge in [-0.2, -0.15) is 0 Å². The molecule has 106 valence electrons. The first-order valence-corrected chi connectivity index (χ1v) is 7.17. The molecule has 2 rings (SSSR count). The van der Waals surface area contributed by atoms with Crippen LogP contribution in [-0.2, 0) is 10.2 Å². The van der Waals surface area contributed by atoms with Crippen molar-refractivity contribution in [3.05, 3.63) is 34.3 Å². The van der Waals surface area contributed by atoms with Gasteiger partial charge in [0.15, 0.2) is 0 Å². The Morgan fingerprint density at radius 2 is 1.89 bits per heavy atom. The van der Waals surface area contributed by atoms with Crippen LogP contribution in [0.15, 0.2) is 28.7 Å². The zero-order chi connectivity index (χ0) is 13.0. The van der Waals surface area contributed by atoms with Gasteiger partial charge in [-0.05, 0) is 50.6 Å². The minimum atomic E-state index is -0.250. The molecule has 1 fully saturated rings. The smallest absolute Gasteiger partial charge is 0.230 e. The third-order valence-corrected chi connectivity index (χ3v) is 4.00. The SMILES string of the molecule is CNCCCNC(=O)C1(c2ccc(Br)cc2)CC1.Cl. The second kappa shape index (κ2) is 7.27. The quantitative estimate of drug-likeness (QED) is 0.777. The summed E-state index contributed by atoms with van der Waals surface area (Å²) in [6, 6.07) is 8.10. The predicted molar refractivity (Wildman–Crippen MR) is 83.9 cm³/mol. The van der Waals surface area contributed by atoms with Gasteiger partial charge in [-0.25, -0.2) is 0 Å². The first-order valence-electron chi connectivity index (χ1n) is 6.38. The first-order chi connectivity index (χ1) is 8.69. The number of rotatable bonds is 6. The molecule has 1 aromatic rings. The topological polar surface area (TPSA) is 41.1 Å². The zero-order valence-electron chi connectivity index (χ0n) is 11.0. The molecule has 1 saturated carbocycles. The maximum Gasteiger partial charge on any atom is 0.230 e. The molecule has 0 atom stereocenters. The van der Waals surface area contributed by atoms with Crippen LogP contribution in [0.2, 0.25) is 0 Å². The van der Waals surface area contributed by atoms with Crippen molar-refractivity contribution in [2.45, 2.75) is 24.7 Å². The lowest BCUT2D eigenvalue weighted by atomic mass is 9.95. The van der Waals surface area contributed by atoms with E-state index in [0.717, 1.165) is 42.4 Å². The van der Waals surface area contributed by atoms with Gasteiger partial charge >= 0.3 is 0 Å². The Hall–Kier alpha value is -0.580. The van der Waals surface area contributed by atoms with Gasteiger partial charge in [-0.1, -0.05) is 28.1 Å². The molecule has 0 unspecified atom stereocenters. The molecule has 1 aliphatic carbocycles. The highest BCUT2D eigenvalue weighted by Crippen LogP contribution is 2.48. The lowest BCUT2D eigenvalue weighted by Gasteiger charge is -2.15. The zero-order valence-corrected chi connectivity index (χ0v) is 13.4. The molecule has 0 bridgehead atoms. The van der Waals surface area contributed by atoms with Crippen LogP contribution in [0, 0.1) is 0 Å². The summed E-state index contributed by atoms with van der Waals surface area (Å²) in [5.74, 6) is 0.181. The monoisotopic (exact) mass is 346 g/mol. The van der Waals surface area contributed by atoms with E-state index < -0.39 is 0 Å². The number of hydrogen-bond acceptors (Lipinski definition) is 2. The predicted octanol–water partition coefficient (Wildman–Crippen LogP) is 2.63. The summed E-state index contributed by atoms with van der Waals surface area (Å²) >= 11 is 3.42. The number of benzene rings is 1. The van der Waals surface area contributed by atoms with E-state index >= 15 is 0 Å². The summed E-state index contributed by atoms with van der Waals surface area (Å²) in [5.41, 5.74) is 0.886. The van der Waals surface area contributed by atoms with Crippen LogP contribution < -0.4 is 10.6 Å². The molecule has 19 heavy (non-hydrogen) atoms. The van der Waals surface area contributed by atoms with Crippen molar-refractivity contribution in [2.24, 2.45) is 0 Å². The molecule has 1 aliphatic rings. The van der Waals surface area contributed by atoms with Gasteiger partial charge in [0.25, 0.3) is 0 Å². The summed E-state index contributed by atoms with van der Waals surface area (Å²) in [6.07, 6.45) is 2.90. The number of amides is 1. The van der Waals surface area contributed by atoms with Crippen molar-refractivity contribution in [1.82, 2.24) is 10.6 Å². The minimum absolute atomic E-state index is 0. The standard InChI is InChI=1S/C14H19BrN2O.ClH/c1-16-9-2-10-17-13(18)14(7-8-14)11-3-5-12(15)6-4-11;/h3-6,16H,2,7-10H2,1H3,(H,17,18);1H. The largest absolute Gasteiger partial charge is 0.355 e. The number of carbonyl (C=O) groups is 1. The summed E-state index contributed by atoms with van der Waals surface area (Å²) in [7, 11) is 1.92. The van der Waals surface area contributed by atoms with E-state index in [1.54, 1.807) is 0 Å². The van der Waals surface area contributed by atoms with E-state index in [-0.39, 0.29) is 23.7 Å². The van der Waals surface area contributed by atoms with Crippen LogP contribution in [0.5, 0.6) is 0 Å². The Morgan fingerprint density at radius 3 is 2.42 bits per heavy atom. The number of hydrogen-bond donors (Lipinski definition) is 2. The maximum absolute atomic E-state index is 12.2. The van der Waals surface area contributed by atoms with E-state index in [0.29, 0.717) is 0 Å². The molecular weight excluding hydrogens is 328 g/mol. The number of halogens is 2. The molecule has 5 heteroatoms. The first kappa shape index (κ1) is 16.5. The van der Waals surface area contributed by atoms with Crippen molar-refractivity contribution in [1.29, 1.82) is 0 Å².